The van der Waals surface area contributed by atoms with E-state index in [2.05, 4.69) is 10.1 Å². The lowest BCUT2D eigenvalue weighted by atomic mass is 10.2. The Bertz CT molecular complexity index is 1650. The molecule has 0 unspecified atom stereocenters. The molecule has 0 aliphatic carbocycles. The average Bonchev–Trinajstić information content (AvgIpc) is 3.21. The molecule has 3 amide bonds. The number of halogens is 2. The van der Waals surface area contributed by atoms with Crippen molar-refractivity contribution >= 4 is 35.3 Å². The van der Waals surface area contributed by atoms with Crippen LogP contribution in [0.2, 0.25) is 10.0 Å². The van der Waals surface area contributed by atoms with Gasteiger partial charge in [0.1, 0.15) is 23.0 Å². The van der Waals surface area contributed by atoms with Crippen molar-refractivity contribution in [3.05, 3.63) is 103 Å². The molecule has 14 heteroatoms. The topological polar surface area (TPSA) is 154 Å². The van der Waals surface area contributed by atoms with Crippen LogP contribution in [0.15, 0.2) is 74.8 Å². The third kappa shape index (κ3) is 7.68. The zero-order valence-electron chi connectivity index (χ0n) is 20.9. The van der Waals surface area contributed by atoms with Crippen molar-refractivity contribution in [2.75, 3.05) is 6.61 Å². The summed E-state index contributed by atoms with van der Waals surface area (Å²) in [7, 11) is 0. The van der Waals surface area contributed by atoms with Gasteiger partial charge in [0.05, 0.1) is 13.2 Å². The molecular weight excluding hydrogens is 567 g/mol. The number of H-pyrrole nitrogens is 1. The number of benzene rings is 3. The maximum absolute atomic E-state index is 11.8. The Morgan fingerprint density at radius 3 is 2.05 bits per heavy atom. The fourth-order valence-corrected chi connectivity index (χ4v) is 3.85. The highest BCUT2D eigenvalue weighted by Gasteiger charge is 2.11. The molecule has 1 aromatic heterocycles. The summed E-state index contributed by atoms with van der Waals surface area (Å²) >= 11 is 12.7. The molecule has 1 heterocycles. The van der Waals surface area contributed by atoms with E-state index in [1.807, 2.05) is 10.3 Å². The molecule has 0 aliphatic heterocycles. The van der Waals surface area contributed by atoms with Gasteiger partial charge in [-0.25, -0.2) is 29.5 Å². The molecule has 0 spiro atoms. The van der Waals surface area contributed by atoms with Crippen LogP contribution >= 0.6 is 23.2 Å². The summed E-state index contributed by atoms with van der Waals surface area (Å²) in [6, 6.07) is 16.0. The lowest BCUT2D eigenvalue weighted by Crippen LogP contribution is -2.39. The first kappa shape index (κ1) is 28.3. The van der Waals surface area contributed by atoms with E-state index in [4.69, 9.17) is 37.2 Å². The van der Waals surface area contributed by atoms with E-state index in [-0.39, 0.29) is 19.7 Å². The van der Waals surface area contributed by atoms with Gasteiger partial charge in [0.15, 0.2) is 0 Å². The fraction of sp³-hybridized carbons (Fsp3) is 0.154. The van der Waals surface area contributed by atoms with Gasteiger partial charge in [0.25, 0.3) is 0 Å². The molecule has 12 nitrogen and oxygen atoms in total. The highest BCUT2D eigenvalue weighted by Crippen LogP contribution is 2.32. The van der Waals surface area contributed by atoms with Crippen molar-refractivity contribution in [1.82, 2.24) is 20.4 Å². The van der Waals surface area contributed by atoms with Crippen molar-refractivity contribution in [1.29, 1.82) is 0 Å². The van der Waals surface area contributed by atoms with Gasteiger partial charge < -0.3 is 24.1 Å². The molecule has 0 saturated heterocycles. The Labute approximate surface area is 236 Å². The second kappa shape index (κ2) is 12.9. The number of imide groups is 1. The van der Waals surface area contributed by atoms with E-state index in [0.717, 1.165) is 4.74 Å². The van der Waals surface area contributed by atoms with Crippen LogP contribution in [0.4, 0.5) is 9.59 Å². The SMILES string of the molecule is CCOC(=O)NC(=O)NCc1ccc(Oc2cccc(Oc3ccc(Cn4oc(=O)[nH]c4=O)c(Cl)c3)c2)cc1Cl. The molecule has 208 valence electrons. The third-order valence-electron chi connectivity index (χ3n) is 5.20. The summed E-state index contributed by atoms with van der Waals surface area (Å²) < 4.78 is 22.1. The molecule has 4 rings (SSSR count). The first-order valence-corrected chi connectivity index (χ1v) is 12.5. The molecule has 3 aromatic carbocycles. The summed E-state index contributed by atoms with van der Waals surface area (Å²) in [5.74, 6) is 0.961. The summed E-state index contributed by atoms with van der Waals surface area (Å²) in [4.78, 5) is 47.9. The quantitative estimate of drug-likeness (QED) is 0.246. The average molecular weight is 589 g/mol. The van der Waals surface area contributed by atoms with Crippen LogP contribution in [-0.4, -0.2) is 28.5 Å². The Morgan fingerprint density at radius 1 is 0.900 bits per heavy atom. The molecular formula is C26H22Cl2N4O8. The number of amides is 3. The number of carbonyl (C=O) groups excluding carboxylic acids is 2. The van der Waals surface area contributed by atoms with Crippen molar-refractivity contribution < 1.29 is 28.3 Å². The number of rotatable bonds is 9. The monoisotopic (exact) mass is 588 g/mol. The zero-order valence-corrected chi connectivity index (χ0v) is 22.4. The molecule has 0 aliphatic rings. The fourth-order valence-electron chi connectivity index (χ4n) is 3.38. The summed E-state index contributed by atoms with van der Waals surface area (Å²) in [5.41, 5.74) is 0.476. The highest BCUT2D eigenvalue weighted by atomic mass is 35.5. The maximum atomic E-state index is 11.8. The van der Waals surface area contributed by atoms with E-state index in [1.165, 1.54) is 0 Å². The normalized spacial score (nSPS) is 10.6. The largest absolute Gasteiger partial charge is 0.457 e. The summed E-state index contributed by atoms with van der Waals surface area (Å²) in [6.45, 7) is 1.82. The van der Waals surface area contributed by atoms with E-state index in [9.17, 15) is 19.2 Å². The number of nitrogens with zero attached hydrogens (tertiary/aromatic N) is 1. The molecule has 0 saturated carbocycles. The van der Waals surface area contributed by atoms with Crippen LogP contribution in [0.3, 0.4) is 0 Å². The Hall–Kier alpha value is -4.68. The van der Waals surface area contributed by atoms with Gasteiger partial charge in [-0.05, 0) is 54.4 Å². The molecule has 0 bridgehead atoms. The summed E-state index contributed by atoms with van der Waals surface area (Å²) in [6.07, 6.45) is -0.844. The minimum Gasteiger partial charge on any atom is -0.457 e. The predicted octanol–water partition coefficient (Wildman–Crippen LogP) is 5.03. The van der Waals surface area contributed by atoms with Gasteiger partial charge in [-0.2, -0.15) is 0 Å². The second-order valence-electron chi connectivity index (χ2n) is 8.06. The highest BCUT2D eigenvalue weighted by molar-refractivity contribution is 6.31. The van der Waals surface area contributed by atoms with E-state index in [1.54, 1.807) is 67.6 Å². The maximum Gasteiger partial charge on any atom is 0.440 e. The molecule has 0 radical (unpaired) electrons. The van der Waals surface area contributed by atoms with Gasteiger partial charge in [-0.15, -0.1) is 4.74 Å². The standard InChI is InChI=1S/C26H22Cl2N4O8/c1-2-37-25(35)30-23(33)29-13-15-6-8-19(11-21(15)27)38-17-4-3-5-18(10-17)39-20-9-7-16(22(28)12-20)14-32-24(34)31-26(36)40-32/h3-12H,2,13-14H2,1H3,(H,31,34,36)(H2,29,30,33,35). The van der Waals surface area contributed by atoms with E-state index < -0.39 is 23.6 Å². The Balaban J connectivity index is 1.36. The Kier molecular flexibility index (Phi) is 9.15. The molecule has 3 N–H and O–H groups in total. The van der Waals surface area contributed by atoms with Crippen molar-refractivity contribution in [3.63, 3.8) is 0 Å². The first-order chi connectivity index (χ1) is 19.2. The summed E-state index contributed by atoms with van der Waals surface area (Å²) in [5, 5.41) is 5.20. The molecule has 0 fully saturated rings. The van der Waals surface area contributed by atoms with Crippen LogP contribution in [0.1, 0.15) is 18.1 Å². The van der Waals surface area contributed by atoms with Crippen molar-refractivity contribution in [2.45, 2.75) is 20.0 Å². The van der Waals surface area contributed by atoms with Crippen LogP contribution in [-0.2, 0) is 17.8 Å². The first-order valence-electron chi connectivity index (χ1n) is 11.7. The number of ether oxygens (including phenoxy) is 3. The lowest BCUT2D eigenvalue weighted by Gasteiger charge is -2.12. The smallest absolute Gasteiger partial charge is 0.440 e. The zero-order chi connectivity index (χ0) is 28.6. The number of hydrogen-bond acceptors (Lipinski definition) is 8. The second-order valence-corrected chi connectivity index (χ2v) is 8.87. The number of urea groups is 1. The van der Waals surface area contributed by atoms with Gasteiger partial charge in [-0.3, -0.25) is 0 Å². The third-order valence-corrected chi connectivity index (χ3v) is 5.90. The minimum atomic E-state index is -0.852. The molecule has 0 atom stereocenters. The lowest BCUT2D eigenvalue weighted by molar-refractivity contribution is 0.153. The number of alkyl carbamates (subject to hydrolysis) is 1. The number of carbonyl (C=O) groups is 2. The number of aromatic amines is 1. The molecule has 4 aromatic rings. The van der Waals surface area contributed by atoms with Gasteiger partial charge >= 0.3 is 23.6 Å². The van der Waals surface area contributed by atoms with Crippen molar-refractivity contribution in [2.24, 2.45) is 0 Å². The number of nitrogens with one attached hydrogen (secondary N) is 3. The van der Waals surface area contributed by atoms with Gasteiger partial charge in [0, 0.05) is 22.7 Å². The van der Waals surface area contributed by atoms with E-state index in [0.29, 0.717) is 44.2 Å². The van der Waals surface area contributed by atoms with E-state index >= 15 is 0 Å². The Morgan fingerprint density at radius 2 is 1.50 bits per heavy atom. The predicted molar refractivity (Wildman–Crippen MR) is 145 cm³/mol. The van der Waals surface area contributed by atoms with Crippen molar-refractivity contribution in [3.8, 4) is 23.0 Å². The van der Waals surface area contributed by atoms with Gasteiger partial charge in [0.2, 0.25) is 0 Å². The van der Waals surface area contributed by atoms with Gasteiger partial charge in [-0.1, -0.05) is 41.4 Å². The van der Waals surface area contributed by atoms with Crippen LogP contribution in [0.5, 0.6) is 23.0 Å². The van der Waals surface area contributed by atoms with Crippen LogP contribution < -0.4 is 31.6 Å². The number of aromatic nitrogens is 2. The molecule has 40 heavy (non-hydrogen) atoms. The number of hydrogen-bond donors (Lipinski definition) is 3. The minimum absolute atomic E-state index is 0.0296. The van der Waals surface area contributed by atoms with Crippen LogP contribution in [0, 0.1) is 0 Å². The van der Waals surface area contributed by atoms with Crippen LogP contribution in [0.25, 0.3) is 0 Å².